The molecule has 3 rings (SSSR count). The molecule has 0 aromatic heterocycles. The van der Waals surface area contributed by atoms with Crippen LogP contribution in [0.15, 0.2) is 89.4 Å². The van der Waals surface area contributed by atoms with Crippen molar-refractivity contribution in [3.8, 4) is 5.75 Å². The van der Waals surface area contributed by atoms with Gasteiger partial charge in [0.15, 0.2) is 0 Å². The van der Waals surface area contributed by atoms with Gasteiger partial charge in [0.2, 0.25) is 0 Å². The minimum absolute atomic E-state index is 0.0256. The first-order valence-corrected chi connectivity index (χ1v) is 8.58. The first kappa shape index (κ1) is 16.5. The van der Waals surface area contributed by atoms with E-state index in [1.807, 2.05) is 78.9 Å². The standard InChI is InChI=1S/C21H17BrO2/c22-19-13-7-8-14-20(19)24-21(23)15-18(16-9-3-1-4-10-16)17-11-5-2-6-12-17/h1-14,18H,15H2. The highest BCUT2D eigenvalue weighted by Gasteiger charge is 2.19. The first-order valence-electron chi connectivity index (χ1n) is 7.79. The third kappa shape index (κ3) is 4.12. The topological polar surface area (TPSA) is 26.3 Å². The molecule has 0 radical (unpaired) electrons. The summed E-state index contributed by atoms with van der Waals surface area (Å²) in [7, 11) is 0. The molecule has 0 N–H and O–H groups in total. The Morgan fingerprint density at radius 2 is 1.29 bits per heavy atom. The molecule has 0 aliphatic heterocycles. The molecule has 0 bridgehead atoms. The van der Waals surface area contributed by atoms with Gasteiger partial charge >= 0.3 is 5.97 Å². The Labute approximate surface area is 150 Å². The Morgan fingerprint density at radius 1 is 0.792 bits per heavy atom. The van der Waals surface area contributed by atoms with E-state index in [1.165, 1.54) is 0 Å². The number of hydrogen-bond donors (Lipinski definition) is 0. The van der Waals surface area contributed by atoms with Crippen molar-refractivity contribution >= 4 is 21.9 Å². The van der Waals surface area contributed by atoms with E-state index in [9.17, 15) is 4.79 Å². The molecule has 0 saturated heterocycles. The lowest BCUT2D eigenvalue weighted by atomic mass is 9.89. The number of hydrogen-bond acceptors (Lipinski definition) is 2. The molecule has 0 unspecified atom stereocenters. The number of ether oxygens (including phenoxy) is 1. The van der Waals surface area contributed by atoms with E-state index in [1.54, 1.807) is 6.07 Å². The molecule has 0 spiro atoms. The smallest absolute Gasteiger partial charge is 0.312 e. The Bertz CT molecular complexity index is 761. The van der Waals surface area contributed by atoms with Crippen LogP contribution in [0.4, 0.5) is 0 Å². The molecular weight excluding hydrogens is 364 g/mol. The molecule has 24 heavy (non-hydrogen) atoms. The second kappa shape index (κ2) is 7.93. The summed E-state index contributed by atoms with van der Waals surface area (Å²) in [5.41, 5.74) is 2.21. The fourth-order valence-corrected chi connectivity index (χ4v) is 3.02. The summed E-state index contributed by atoms with van der Waals surface area (Å²) >= 11 is 3.40. The summed E-state index contributed by atoms with van der Waals surface area (Å²) in [6.45, 7) is 0. The zero-order valence-corrected chi connectivity index (χ0v) is 14.6. The highest BCUT2D eigenvalue weighted by molar-refractivity contribution is 9.10. The highest BCUT2D eigenvalue weighted by atomic mass is 79.9. The molecule has 0 fully saturated rings. The predicted molar refractivity (Wildman–Crippen MR) is 99.1 cm³/mol. The highest BCUT2D eigenvalue weighted by Crippen LogP contribution is 2.30. The van der Waals surface area contributed by atoms with Gasteiger partial charge in [-0.1, -0.05) is 72.8 Å². The molecule has 0 aliphatic carbocycles. The lowest BCUT2D eigenvalue weighted by molar-refractivity contribution is -0.134. The minimum Gasteiger partial charge on any atom is -0.425 e. The Morgan fingerprint density at radius 3 is 1.83 bits per heavy atom. The van der Waals surface area contributed by atoms with E-state index >= 15 is 0 Å². The second-order valence-electron chi connectivity index (χ2n) is 5.48. The Kier molecular flexibility index (Phi) is 5.44. The van der Waals surface area contributed by atoms with Crippen LogP contribution in [-0.4, -0.2) is 5.97 Å². The predicted octanol–water partition coefficient (Wildman–Crippen LogP) is 5.58. The summed E-state index contributed by atoms with van der Waals surface area (Å²) in [5, 5.41) is 0. The third-order valence-corrected chi connectivity index (χ3v) is 4.49. The van der Waals surface area contributed by atoms with E-state index in [4.69, 9.17) is 4.74 Å². The Hall–Kier alpha value is -2.39. The lowest BCUT2D eigenvalue weighted by Gasteiger charge is -2.17. The van der Waals surface area contributed by atoms with Crippen molar-refractivity contribution in [1.82, 2.24) is 0 Å². The average Bonchev–Trinajstić information content (AvgIpc) is 2.63. The van der Waals surface area contributed by atoms with Gasteiger partial charge in [-0.25, -0.2) is 0 Å². The van der Waals surface area contributed by atoms with Crippen molar-refractivity contribution in [3.05, 3.63) is 101 Å². The number of esters is 1. The molecule has 3 aromatic rings. The van der Waals surface area contributed by atoms with Crippen LogP contribution in [0.2, 0.25) is 0 Å². The number of benzene rings is 3. The van der Waals surface area contributed by atoms with Crippen molar-refractivity contribution in [2.45, 2.75) is 12.3 Å². The van der Waals surface area contributed by atoms with Gasteiger partial charge in [-0.2, -0.15) is 0 Å². The lowest BCUT2D eigenvalue weighted by Crippen LogP contribution is -2.14. The van der Waals surface area contributed by atoms with Gasteiger partial charge < -0.3 is 4.74 Å². The van der Waals surface area contributed by atoms with E-state index < -0.39 is 0 Å². The molecule has 0 saturated carbocycles. The van der Waals surface area contributed by atoms with Gasteiger partial charge in [0.25, 0.3) is 0 Å². The number of para-hydroxylation sites is 1. The van der Waals surface area contributed by atoms with Gasteiger partial charge in [-0.3, -0.25) is 4.79 Å². The molecule has 3 aromatic carbocycles. The van der Waals surface area contributed by atoms with Crippen LogP contribution < -0.4 is 4.74 Å². The van der Waals surface area contributed by atoms with Crippen LogP contribution in [0.3, 0.4) is 0 Å². The van der Waals surface area contributed by atoms with Crippen molar-refractivity contribution in [2.24, 2.45) is 0 Å². The minimum atomic E-state index is -0.250. The van der Waals surface area contributed by atoms with Crippen molar-refractivity contribution in [1.29, 1.82) is 0 Å². The van der Waals surface area contributed by atoms with Gasteiger partial charge in [-0.05, 0) is 39.2 Å². The molecule has 0 aliphatic rings. The first-order chi connectivity index (χ1) is 11.7. The van der Waals surface area contributed by atoms with Crippen LogP contribution >= 0.6 is 15.9 Å². The van der Waals surface area contributed by atoms with E-state index in [-0.39, 0.29) is 18.3 Å². The maximum Gasteiger partial charge on any atom is 0.312 e. The summed E-state index contributed by atoms with van der Waals surface area (Å²) in [6.07, 6.45) is 0.287. The van der Waals surface area contributed by atoms with Crippen LogP contribution in [0.25, 0.3) is 0 Å². The van der Waals surface area contributed by atoms with E-state index in [2.05, 4.69) is 15.9 Å². The summed E-state index contributed by atoms with van der Waals surface area (Å²) in [5.74, 6) is 0.268. The fraction of sp³-hybridized carbons (Fsp3) is 0.0952. The number of rotatable bonds is 5. The van der Waals surface area contributed by atoms with E-state index in [0.29, 0.717) is 5.75 Å². The zero-order valence-electron chi connectivity index (χ0n) is 13.1. The summed E-state index contributed by atoms with van der Waals surface area (Å²) in [6, 6.07) is 27.5. The van der Waals surface area contributed by atoms with Gasteiger partial charge in [0.1, 0.15) is 5.75 Å². The van der Waals surface area contributed by atoms with E-state index in [0.717, 1.165) is 15.6 Å². The average molecular weight is 381 g/mol. The maximum atomic E-state index is 12.5. The number of halogens is 1. The van der Waals surface area contributed by atoms with Gasteiger partial charge in [-0.15, -0.1) is 0 Å². The van der Waals surface area contributed by atoms with Crippen LogP contribution in [0.5, 0.6) is 5.75 Å². The maximum absolute atomic E-state index is 12.5. The molecule has 3 heteroatoms. The zero-order chi connectivity index (χ0) is 16.8. The van der Waals surface area contributed by atoms with Crippen LogP contribution in [0, 0.1) is 0 Å². The molecule has 2 nitrogen and oxygen atoms in total. The largest absolute Gasteiger partial charge is 0.425 e. The Balaban J connectivity index is 1.82. The summed E-state index contributed by atoms with van der Waals surface area (Å²) < 4.78 is 6.31. The van der Waals surface area contributed by atoms with Crippen molar-refractivity contribution in [3.63, 3.8) is 0 Å². The van der Waals surface area contributed by atoms with Gasteiger partial charge in [0, 0.05) is 5.92 Å². The molecule has 0 atom stereocenters. The monoisotopic (exact) mass is 380 g/mol. The normalized spacial score (nSPS) is 10.6. The second-order valence-corrected chi connectivity index (χ2v) is 6.34. The number of carbonyl (C=O) groups excluding carboxylic acids is 1. The summed E-state index contributed by atoms with van der Waals surface area (Å²) in [4.78, 5) is 12.5. The molecule has 0 heterocycles. The molecule has 0 amide bonds. The van der Waals surface area contributed by atoms with Crippen LogP contribution in [-0.2, 0) is 4.79 Å². The molecule has 120 valence electrons. The third-order valence-electron chi connectivity index (χ3n) is 3.84. The van der Waals surface area contributed by atoms with Gasteiger partial charge in [0.05, 0.1) is 10.9 Å². The van der Waals surface area contributed by atoms with Crippen LogP contribution in [0.1, 0.15) is 23.5 Å². The number of carbonyl (C=O) groups is 1. The van der Waals surface area contributed by atoms with Crippen molar-refractivity contribution in [2.75, 3.05) is 0 Å². The van der Waals surface area contributed by atoms with Crippen molar-refractivity contribution < 1.29 is 9.53 Å². The SMILES string of the molecule is O=C(CC(c1ccccc1)c1ccccc1)Oc1ccccc1Br. The quantitative estimate of drug-likeness (QED) is 0.426. The fourth-order valence-electron chi connectivity index (χ4n) is 2.66. The molecular formula is C21H17BrO2.